The van der Waals surface area contributed by atoms with E-state index in [2.05, 4.69) is 10.3 Å². The van der Waals surface area contributed by atoms with Crippen LogP contribution < -0.4 is 10.1 Å². The number of carbonyl (C=O) groups excluding carboxylic acids is 2. The molecule has 26 heavy (non-hydrogen) atoms. The molecule has 2 amide bonds. The molecule has 1 aromatic carbocycles. The van der Waals surface area contributed by atoms with Crippen LogP contribution in [0.5, 0.6) is 5.75 Å². The Balaban J connectivity index is 1.68. The molecule has 1 saturated heterocycles. The molecule has 1 unspecified atom stereocenters. The second kappa shape index (κ2) is 7.74. The summed E-state index contributed by atoms with van der Waals surface area (Å²) in [5.41, 5.74) is 2.38. The molecule has 0 bridgehead atoms. The van der Waals surface area contributed by atoms with E-state index < -0.39 is 5.92 Å². The Morgan fingerprint density at radius 1 is 1.38 bits per heavy atom. The second-order valence-electron chi connectivity index (χ2n) is 6.32. The van der Waals surface area contributed by atoms with Gasteiger partial charge >= 0.3 is 0 Å². The number of hydrogen-bond acceptors (Lipinski definition) is 4. The van der Waals surface area contributed by atoms with Crippen molar-refractivity contribution in [3.05, 3.63) is 52.8 Å². The summed E-state index contributed by atoms with van der Waals surface area (Å²) in [7, 11) is 1.52. The third kappa shape index (κ3) is 3.96. The summed E-state index contributed by atoms with van der Waals surface area (Å²) in [5.74, 6) is -0.131. The number of halogens is 1. The van der Waals surface area contributed by atoms with Crippen LogP contribution in [0.25, 0.3) is 0 Å². The summed E-state index contributed by atoms with van der Waals surface area (Å²) in [4.78, 5) is 30.6. The third-order valence-electron chi connectivity index (χ3n) is 4.45. The predicted octanol–water partition coefficient (Wildman–Crippen LogP) is 3.04. The van der Waals surface area contributed by atoms with Gasteiger partial charge < -0.3 is 15.0 Å². The van der Waals surface area contributed by atoms with Crippen LogP contribution in [0.4, 0.5) is 5.69 Å². The first-order valence-electron chi connectivity index (χ1n) is 8.29. The largest absolute Gasteiger partial charge is 0.495 e. The van der Waals surface area contributed by atoms with Crippen LogP contribution in [-0.2, 0) is 16.1 Å². The van der Waals surface area contributed by atoms with E-state index in [1.54, 1.807) is 29.4 Å². The molecular weight excluding hydrogens is 354 g/mol. The summed E-state index contributed by atoms with van der Waals surface area (Å²) >= 11 is 6.10. The number of benzene rings is 1. The molecular formula is C19H20ClN3O3. The molecule has 2 aromatic rings. The van der Waals surface area contributed by atoms with E-state index in [-0.39, 0.29) is 18.2 Å². The Bertz CT molecular complexity index is 826. The fourth-order valence-electron chi connectivity index (χ4n) is 2.97. The summed E-state index contributed by atoms with van der Waals surface area (Å²) in [6.45, 7) is 2.73. The minimum Gasteiger partial charge on any atom is -0.495 e. The van der Waals surface area contributed by atoms with Crippen LogP contribution in [0.3, 0.4) is 0 Å². The number of amides is 2. The van der Waals surface area contributed by atoms with Gasteiger partial charge in [-0.15, -0.1) is 0 Å². The minimum absolute atomic E-state index is 0.0267. The van der Waals surface area contributed by atoms with Gasteiger partial charge in [0.15, 0.2) is 0 Å². The molecule has 1 atom stereocenters. The molecule has 136 valence electrons. The second-order valence-corrected chi connectivity index (χ2v) is 6.73. The van der Waals surface area contributed by atoms with E-state index >= 15 is 0 Å². The number of carbonyl (C=O) groups is 2. The molecule has 1 aliphatic rings. The SMILES string of the molecule is COc1cc(Cl)c(C)cc1NC(=O)C1CC(=O)N(Cc2ccncc2)C1. The molecule has 1 N–H and O–H groups in total. The highest BCUT2D eigenvalue weighted by atomic mass is 35.5. The third-order valence-corrected chi connectivity index (χ3v) is 4.85. The first-order valence-corrected chi connectivity index (χ1v) is 8.67. The van der Waals surface area contributed by atoms with Gasteiger partial charge in [0, 0.05) is 43.0 Å². The van der Waals surface area contributed by atoms with Gasteiger partial charge in [0.2, 0.25) is 11.8 Å². The number of pyridine rings is 1. The molecule has 0 radical (unpaired) electrons. The van der Waals surface area contributed by atoms with E-state index in [9.17, 15) is 9.59 Å². The molecule has 6 nitrogen and oxygen atoms in total. The molecule has 0 saturated carbocycles. The molecule has 0 aliphatic carbocycles. The number of ether oxygens (including phenoxy) is 1. The Kier molecular flexibility index (Phi) is 5.42. The molecule has 0 spiro atoms. The van der Waals surface area contributed by atoms with Gasteiger partial charge in [0.25, 0.3) is 0 Å². The van der Waals surface area contributed by atoms with E-state index in [0.29, 0.717) is 29.5 Å². The fourth-order valence-corrected chi connectivity index (χ4v) is 3.13. The zero-order chi connectivity index (χ0) is 18.7. The summed E-state index contributed by atoms with van der Waals surface area (Å²) < 4.78 is 5.28. The van der Waals surface area contributed by atoms with Crippen molar-refractivity contribution < 1.29 is 14.3 Å². The van der Waals surface area contributed by atoms with Crippen LogP contribution >= 0.6 is 11.6 Å². The lowest BCUT2D eigenvalue weighted by Gasteiger charge is -2.17. The zero-order valence-corrected chi connectivity index (χ0v) is 15.4. The zero-order valence-electron chi connectivity index (χ0n) is 14.7. The van der Waals surface area contributed by atoms with Crippen molar-refractivity contribution in [2.24, 2.45) is 5.92 Å². The lowest BCUT2D eigenvalue weighted by Crippen LogP contribution is -2.28. The lowest BCUT2D eigenvalue weighted by atomic mass is 10.1. The topological polar surface area (TPSA) is 71.5 Å². The van der Waals surface area contributed by atoms with Crippen molar-refractivity contribution >= 4 is 29.1 Å². The fraction of sp³-hybridized carbons (Fsp3) is 0.316. The van der Waals surface area contributed by atoms with Crippen LogP contribution in [-0.4, -0.2) is 35.4 Å². The van der Waals surface area contributed by atoms with Crippen molar-refractivity contribution in [2.75, 3.05) is 19.0 Å². The van der Waals surface area contributed by atoms with Crippen LogP contribution in [0.1, 0.15) is 17.5 Å². The molecule has 2 heterocycles. The average molecular weight is 374 g/mol. The Labute approximate surface area is 157 Å². The molecule has 1 aliphatic heterocycles. The number of aromatic nitrogens is 1. The van der Waals surface area contributed by atoms with Gasteiger partial charge in [0.1, 0.15) is 5.75 Å². The smallest absolute Gasteiger partial charge is 0.229 e. The number of hydrogen-bond donors (Lipinski definition) is 1. The van der Waals surface area contributed by atoms with Crippen molar-refractivity contribution in [3.8, 4) is 5.75 Å². The number of rotatable bonds is 5. The van der Waals surface area contributed by atoms with Gasteiger partial charge in [-0.2, -0.15) is 0 Å². The van der Waals surface area contributed by atoms with E-state index in [1.165, 1.54) is 7.11 Å². The van der Waals surface area contributed by atoms with Crippen molar-refractivity contribution in [3.63, 3.8) is 0 Å². The van der Waals surface area contributed by atoms with Gasteiger partial charge in [-0.25, -0.2) is 0 Å². The number of nitrogens with zero attached hydrogens (tertiary/aromatic N) is 2. The van der Waals surface area contributed by atoms with Crippen molar-refractivity contribution in [1.29, 1.82) is 0 Å². The van der Waals surface area contributed by atoms with Crippen LogP contribution in [0.15, 0.2) is 36.7 Å². The highest BCUT2D eigenvalue weighted by molar-refractivity contribution is 6.31. The molecule has 3 rings (SSSR count). The van der Waals surface area contributed by atoms with Gasteiger partial charge in [-0.1, -0.05) is 11.6 Å². The minimum atomic E-state index is -0.398. The van der Waals surface area contributed by atoms with Crippen LogP contribution in [0, 0.1) is 12.8 Å². The normalized spacial score (nSPS) is 16.7. The van der Waals surface area contributed by atoms with Gasteiger partial charge in [-0.05, 0) is 36.2 Å². The lowest BCUT2D eigenvalue weighted by molar-refractivity contribution is -0.128. The van der Waals surface area contributed by atoms with Crippen molar-refractivity contribution in [1.82, 2.24) is 9.88 Å². The maximum Gasteiger partial charge on any atom is 0.229 e. The Morgan fingerprint density at radius 3 is 2.81 bits per heavy atom. The van der Waals surface area contributed by atoms with Gasteiger partial charge in [0.05, 0.1) is 18.7 Å². The maximum atomic E-state index is 12.6. The first-order chi connectivity index (χ1) is 12.5. The van der Waals surface area contributed by atoms with Crippen molar-refractivity contribution in [2.45, 2.75) is 19.9 Å². The average Bonchev–Trinajstić information content (AvgIpc) is 2.99. The van der Waals surface area contributed by atoms with E-state index in [0.717, 1.165) is 11.1 Å². The molecule has 1 fully saturated rings. The molecule has 1 aromatic heterocycles. The number of methoxy groups -OCH3 is 1. The first kappa shape index (κ1) is 18.2. The highest BCUT2D eigenvalue weighted by Gasteiger charge is 2.34. The molecule has 7 heteroatoms. The quantitative estimate of drug-likeness (QED) is 0.874. The summed E-state index contributed by atoms with van der Waals surface area (Å²) in [5, 5.41) is 3.43. The van der Waals surface area contributed by atoms with E-state index in [1.807, 2.05) is 19.1 Å². The highest BCUT2D eigenvalue weighted by Crippen LogP contribution is 2.32. The number of anilines is 1. The van der Waals surface area contributed by atoms with Crippen LogP contribution in [0.2, 0.25) is 5.02 Å². The number of likely N-dealkylation sites (tertiary alicyclic amines) is 1. The van der Waals surface area contributed by atoms with Gasteiger partial charge in [-0.3, -0.25) is 14.6 Å². The van der Waals surface area contributed by atoms with E-state index in [4.69, 9.17) is 16.3 Å². The Hall–Kier alpha value is -2.60. The predicted molar refractivity (Wildman–Crippen MR) is 99.1 cm³/mol. The number of nitrogens with one attached hydrogen (secondary N) is 1. The Morgan fingerprint density at radius 2 is 2.12 bits per heavy atom. The summed E-state index contributed by atoms with van der Waals surface area (Å²) in [6.07, 6.45) is 3.58. The monoisotopic (exact) mass is 373 g/mol. The standard InChI is InChI=1S/C19H20ClN3O3/c1-12-7-16(17(26-2)9-15(12)20)22-19(25)14-8-18(24)23(11-14)10-13-3-5-21-6-4-13/h3-7,9,14H,8,10-11H2,1-2H3,(H,22,25). The summed E-state index contributed by atoms with van der Waals surface area (Å²) in [6, 6.07) is 7.16. The maximum absolute atomic E-state index is 12.6. The number of aryl methyl sites for hydroxylation is 1.